The van der Waals surface area contributed by atoms with Gasteiger partial charge in [0.25, 0.3) is 0 Å². The Morgan fingerprint density at radius 2 is 1.67 bits per heavy atom. The minimum atomic E-state index is -3.28. The first kappa shape index (κ1) is 22.4. The quantitative estimate of drug-likeness (QED) is 0.553. The highest BCUT2D eigenvalue weighted by Crippen LogP contribution is 2.35. The van der Waals surface area contributed by atoms with E-state index in [1.165, 1.54) is 9.80 Å². The molecule has 1 aromatic carbocycles. The average Bonchev–Trinajstić information content (AvgIpc) is 3.13. The predicted molar refractivity (Wildman–Crippen MR) is 116 cm³/mol. The molecule has 8 nitrogen and oxygen atoms in total. The van der Waals surface area contributed by atoms with Crippen LogP contribution in [-0.2, 0) is 14.6 Å². The smallest absolute Gasteiger partial charge is 0.325 e. The van der Waals surface area contributed by atoms with Crippen molar-refractivity contribution in [3.63, 3.8) is 0 Å². The summed E-state index contributed by atoms with van der Waals surface area (Å²) in [6, 6.07) is 5.74. The molecule has 1 aromatic rings. The lowest BCUT2D eigenvalue weighted by molar-refractivity contribution is -0.132. The number of ether oxygens (including phenoxy) is 1. The fourth-order valence-corrected chi connectivity index (χ4v) is 6.23. The number of fused-ring (bicyclic) bond motifs is 1. The van der Waals surface area contributed by atoms with Gasteiger partial charge in [-0.3, -0.25) is 9.69 Å². The lowest BCUT2D eigenvalue weighted by atomic mass is 10.1. The van der Waals surface area contributed by atoms with E-state index in [9.17, 15) is 18.0 Å². The van der Waals surface area contributed by atoms with Crippen molar-refractivity contribution in [3.05, 3.63) is 24.3 Å². The van der Waals surface area contributed by atoms with Gasteiger partial charge in [-0.05, 0) is 44.0 Å². The van der Waals surface area contributed by atoms with Crippen molar-refractivity contribution < 1.29 is 22.7 Å². The Balaban J connectivity index is 1.86. The number of carbonyl (C=O) groups is 2. The molecule has 3 rings (SSSR count). The van der Waals surface area contributed by atoms with Crippen LogP contribution in [0.5, 0.6) is 5.75 Å². The molecule has 0 bridgehead atoms. The Bertz CT molecular complexity index is 865. The zero-order valence-electron chi connectivity index (χ0n) is 17.9. The molecule has 3 amide bonds. The number of hydrogen-bond acceptors (Lipinski definition) is 5. The van der Waals surface area contributed by atoms with E-state index in [0.717, 1.165) is 12.8 Å². The Kier molecular flexibility index (Phi) is 6.90. The van der Waals surface area contributed by atoms with Crippen LogP contribution >= 0.6 is 0 Å². The van der Waals surface area contributed by atoms with Crippen molar-refractivity contribution in [2.75, 3.05) is 42.6 Å². The molecule has 2 saturated heterocycles. The molecule has 0 radical (unpaired) electrons. The van der Waals surface area contributed by atoms with Crippen LogP contribution in [0.3, 0.4) is 0 Å². The summed E-state index contributed by atoms with van der Waals surface area (Å²) in [5.41, 5.74) is 0.615. The van der Waals surface area contributed by atoms with Crippen LogP contribution in [0.15, 0.2) is 24.3 Å². The molecule has 2 fully saturated rings. The normalized spacial score (nSPS) is 22.3. The highest BCUT2D eigenvalue weighted by molar-refractivity contribution is 7.91. The lowest BCUT2D eigenvalue weighted by Crippen LogP contribution is -2.46. The fraction of sp³-hybridized carbons (Fsp3) is 0.619. The number of carbonyl (C=O) groups excluding carboxylic acids is 2. The minimum absolute atomic E-state index is 0.0884. The van der Waals surface area contributed by atoms with E-state index in [4.69, 9.17) is 4.74 Å². The summed E-state index contributed by atoms with van der Waals surface area (Å²) in [6.07, 6.45) is 1.66. The molecule has 2 aliphatic heterocycles. The largest absolute Gasteiger partial charge is 0.494 e. The summed E-state index contributed by atoms with van der Waals surface area (Å²) in [4.78, 5) is 30.9. The topological polar surface area (TPSA) is 87.2 Å². The molecule has 0 unspecified atom stereocenters. The van der Waals surface area contributed by atoms with Crippen LogP contribution in [0.2, 0.25) is 0 Å². The second kappa shape index (κ2) is 9.24. The van der Waals surface area contributed by atoms with Gasteiger partial charge in [0, 0.05) is 18.8 Å². The van der Waals surface area contributed by atoms with Gasteiger partial charge in [0.1, 0.15) is 12.3 Å². The summed E-state index contributed by atoms with van der Waals surface area (Å²) >= 11 is 0. The first-order chi connectivity index (χ1) is 14.3. The monoisotopic (exact) mass is 437 g/mol. The molecule has 2 atom stereocenters. The van der Waals surface area contributed by atoms with Crippen molar-refractivity contribution in [2.45, 2.75) is 45.7 Å². The standard InChI is InChI=1S/C21H31N3O5S/c1-4-11-22(12-5-2)20(25)13-23-18-14-30(27,28)15-19(18)24(21(23)26)16-7-9-17(10-8-16)29-6-3/h7-10,18-19H,4-6,11-15H2,1-3H3/t18-,19+/m1/s1. The highest BCUT2D eigenvalue weighted by Gasteiger charge is 2.54. The van der Waals surface area contributed by atoms with Gasteiger partial charge >= 0.3 is 6.03 Å². The predicted octanol–water partition coefficient (Wildman–Crippen LogP) is 2.14. The third kappa shape index (κ3) is 4.55. The number of anilines is 1. The van der Waals surface area contributed by atoms with Crippen molar-refractivity contribution in [1.29, 1.82) is 0 Å². The first-order valence-electron chi connectivity index (χ1n) is 10.6. The molecule has 30 heavy (non-hydrogen) atoms. The average molecular weight is 438 g/mol. The molecule has 2 heterocycles. The SMILES string of the molecule is CCCN(CCC)C(=O)CN1C(=O)N(c2ccc(OCC)cc2)[C@H]2CS(=O)(=O)C[C@H]21. The van der Waals surface area contributed by atoms with Gasteiger partial charge in [-0.2, -0.15) is 0 Å². The molecule has 2 aliphatic rings. The maximum absolute atomic E-state index is 13.3. The molecule has 0 aromatic heterocycles. The van der Waals surface area contributed by atoms with Crippen molar-refractivity contribution in [3.8, 4) is 5.75 Å². The van der Waals surface area contributed by atoms with E-state index in [1.54, 1.807) is 29.2 Å². The summed E-state index contributed by atoms with van der Waals surface area (Å²) in [5, 5.41) is 0. The summed E-state index contributed by atoms with van der Waals surface area (Å²) in [7, 11) is -3.28. The van der Waals surface area contributed by atoms with Gasteiger partial charge in [0.2, 0.25) is 5.91 Å². The number of benzene rings is 1. The van der Waals surface area contributed by atoms with Crippen LogP contribution in [0.1, 0.15) is 33.6 Å². The van der Waals surface area contributed by atoms with Crippen LogP contribution in [0, 0.1) is 0 Å². The molecule has 166 valence electrons. The van der Waals surface area contributed by atoms with Gasteiger partial charge in [-0.15, -0.1) is 0 Å². The number of amides is 3. The van der Waals surface area contributed by atoms with Crippen LogP contribution < -0.4 is 9.64 Å². The third-order valence-corrected chi connectivity index (χ3v) is 7.25. The molecule has 0 spiro atoms. The van der Waals surface area contributed by atoms with E-state index in [0.29, 0.717) is 31.1 Å². The molecule has 0 aliphatic carbocycles. The van der Waals surface area contributed by atoms with Gasteiger partial charge < -0.3 is 14.5 Å². The van der Waals surface area contributed by atoms with E-state index in [1.807, 2.05) is 20.8 Å². The maximum Gasteiger partial charge on any atom is 0.325 e. The minimum Gasteiger partial charge on any atom is -0.494 e. The highest BCUT2D eigenvalue weighted by atomic mass is 32.2. The number of urea groups is 1. The van der Waals surface area contributed by atoms with Crippen molar-refractivity contribution in [1.82, 2.24) is 9.80 Å². The Hall–Kier alpha value is -2.29. The van der Waals surface area contributed by atoms with E-state index in [2.05, 4.69) is 0 Å². The number of rotatable bonds is 9. The van der Waals surface area contributed by atoms with E-state index < -0.39 is 21.9 Å². The summed E-state index contributed by atoms with van der Waals surface area (Å²) in [5.74, 6) is 0.356. The Morgan fingerprint density at radius 3 is 2.23 bits per heavy atom. The molecular weight excluding hydrogens is 406 g/mol. The zero-order chi connectivity index (χ0) is 21.9. The van der Waals surface area contributed by atoms with Gasteiger partial charge in [0.05, 0.1) is 30.2 Å². The lowest BCUT2D eigenvalue weighted by Gasteiger charge is -2.27. The van der Waals surface area contributed by atoms with Crippen LogP contribution in [0.4, 0.5) is 10.5 Å². The van der Waals surface area contributed by atoms with Gasteiger partial charge in [-0.25, -0.2) is 13.2 Å². The van der Waals surface area contributed by atoms with Crippen molar-refractivity contribution in [2.24, 2.45) is 0 Å². The maximum atomic E-state index is 13.3. The number of nitrogens with zero attached hydrogens (tertiary/aromatic N) is 3. The fourth-order valence-electron chi connectivity index (χ4n) is 4.28. The molecule has 0 N–H and O–H groups in total. The van der Waals surface area contributed by atoms with E-state index >= 15 is 0 Å². The van der Waals surface area contributed by atoms with E-state index in [-0.39, 0.29) is 30.0 Å². The number of hydrogen-bond donors (Lipinski definition) is 0. The second-order valence-electron chi connectivity index (χ2n) is 7.80. The zero-order valence-corrected chi connectivity index (χ0v) is 18.7. The number of sulfone groups is 1. The third-order valence-electron chi connectivity index (χ3n) is 5.55. The Morgan fingerprint density at radius 1 is 1.07 bits per heavy atom. The summed E-state index contributed by atoms with van der Waals surface area (Å²) < 4.78 is 30.2. The van der Waals surface area contributed by atoms with Crippen molar-refractivity contribution >= 4 is 27.5 Å². The van der Waals surface area contributed by atoms with Gasteiger partial charge in [-0.1, -0.05) is 13.8 Å². The Labute approximate surface area is 178 Å². The summed E-state index contributed by atoms with van der Waals surface area (Å²) in [6.45, 7) is 7.60. The van der Waals surface area contributed by atoms with Crippen LogP contribution in [0.25, 0.3) is 0 Å². The first-order valence-corrected chi connectivity index (χ1v) is 12.4. The molecular formula is C21H31N3O5S. The van der Waals surface area contributed by atoms with Gasteiger partial charge in [0.15, 0.2) is 9.84 Å². The molecule has 0 saturated carbocycles. The molecule has 9 heteroatoms. The van der Waals surface area contributed by atoms with Crippen LogP contribution in [-0.4, -0.2) is 80.0 Å². The second-order valence-corrected chi connectivity index (χ2v) is 9.95.